The van der Waals surface area contributed by atoms with Crippen molar-refractivity contribution in [2.45, 2.75) is 6.42 Å². The van der Waals surface area contributed by atoms with E-state index in [1.165, 1.54) is 4.68 Å². The Hall–Kier alpha value is -2.13. The third kappa shape index (κ3) is 2.92. The van der Waals surface area contributed by atoms with Crippen molar-refractivity contribution in [2.24, 2.45) is 0 Å². The second-order valence-electron chi connectivity index (χ2n) is 2.94. The van der Waals surface area contributed by atoms with Gasteiger partial charge in [-0.25, -0.2) is 4.68 Å². The molecule has 0 radical (unpaired) electrons. The van der Waals surface area contributed by atoms with Crippen molar-refractivity contribution in [3.63, 3.8) is 0 Å². The van der Waals surface area contributed by atoms with E-state index in [2.05, 4.69) is 26.0 Å². The van der Waals surface area contributed by atoms with Crippen LogP contribution < -0.4 is 4.74 Å². The van der Waals surface area contributed by atoms with Crippen molar-refractivity contribution < 1.29 is 4.74 Å². The van der Waals surface area contributed by atoms with Crippen molar-refractivity contribution in [2.75, 3.05) is 6.61 Å². The van der Waals surface area contributed by atoms with Gasteiger partial charge in [-0.3, -0.25) is 0 Å². The van der Waals surface area contributed by atoms with Crippen molar-refractivity contribution in [1.29, 1.82) is 0 Å². The SMILES string of the molecule is C#CCCOc1nc(Cl)nc(-n2cccn2)n1. The molecule has 0 saturated heterocycles. The van der Waals surface area contributed by atoms with Crippen molar-refractivity contribution >= 4 is 11.6 Å². The first-order chi connectivity index (χ1) is 8.29. The Bertz CT molecular complexity index is 534. The van der Waals surface area contributed by atoms with Crippen molar-refractivity contribution in [3.8, 4) is 24.3 Å². The quantitative estimate of drug-likeness (QED) is 0.600. The van der Waals surface area contributed by atoms with E-state index in [1.807, 2.05) is 0 Å². The van der Waals surface area contributed by atoms with E-state index < -0.39 is 0 Å². The van der Waals surface area contributed by atoms with Crippen LogP contribution in [0, 0.1) is 12.3 Å². The highest BCUT2D eigenvalue weighted by molar-refractivity contribution is 6.28. The van der Waals surface area contributed by atoms with Gasteiger partial charge in [-0.2, -0.15) is 20.1 Å². The molecule has 7 heteroatoms. The summed E-state index contributed by atoms with van der Waals surface area (Å²) in [6, 6.07) is 1.88. The van der Waals surface area contributed by atoms with E-state index in [1.54, 1.807) is 18.5 Å². The maximum absolute atomic E-state index is 5.76. The largest absolute Gasteiger partial charge is 0.462 e. The van der Waals surface area contributed by atoms with Gasteiger partial charge in [-0.15, -0.1) is 12.3 Å². The summed E-state index contributed by atoms with van der Waals surface area (Å²) < 4.78 is 6.70. The molecule has 2 aromatic rings. The Labute approximate surface area is 103 Å². The summed E-state index contributed by atoms with van der Waals surface area (Å²) in [5.74, 6) is 2.74. The molecule has 2 heterocycles. The van der Waals surface area contributed by atoms with Crippen LogP contribution in [0.4, 0.5) is 0 Å². The summed E-state index contributed by atoms with van der Waals surface area (Å²) in [5.41, 5.74) is 0. The molecule has 0 aliphatic heterocycles. The van der Waals surface area contributed by atoms with Crippen molar-refractivity contribution in [3.05, 3.63) is 23.7 Å². The van der Waals surface area contributed by atoms with Gasteiger partial charge in [0.25, 0.3) is 5.95 Å². The topological polar surface area (TPSA) is 65.7 Å². The van der Waals surface area contributed by atoms with Gasteiger partial charge in [-0.05, 0) is 17.7 Å². The molecular formula is C10H8ClN5O. The van der Waals surface area contributed by atoms with Crippen molar-refractivity contribution in [1.82, 2.24) is 24.7 Å². The lowest BCUT2D eigenvalue weighted by Gasteiger charge is -2.04. The second-order valence-corrected chi connectivity index (χ2v) is 3.28. The normalized spacial score (nSPS) is 9.88. The first-order valence-corrected chi connectivity index (χ1v) is 5.15. The predicted octanol–water partition coefficient (Wildman–Crippen LogP) is 1.11. The van der Waals surface area contributed by atoms with E-state index in [0.717, 1.165) is 0 Å². The molecule has 0 spiro atoms. The molecule has 0 amide bonds. The molecule has 17 heavy (non-hydrogen) atoms. The summed E-state index contributed by atoms with van der Waals surface area (Å²) in [4.78, 5) is 11.8. The highest BCUT2D eigenvalue weighted by Gasteiger charge is 2.07. The average molecular weight is 250 g/mol. The monoisotopic (exact) mass is 249 g/mol. The highest BCUT2D eigenvalue weighted by atomic mass is 35.5. The summed E-state index contributed by atoms with van der Waals surface area (Å²) >= 11 is 5.76. The minimum absolute atomic E-state index is 0.0428. The molecule has 0 saturated carbocycles. The van der Waals surface area contributed by atoms with Gasteiger partial charge in [0.1, 0.15) is 6.61 Å². The van der Waals surface area contributed by atoms with Crippen LogP contribution in [0.25, 0.3) is 5.95 Å². The minimum atomic E-state index is 0.0428. The fourth-order valence-corrected chi connectivity index (χ4v) is 1.23. The Balaban J connectivity index is 2.21. The number of hydrogen-bond donors (Lipinski definition) is 0. The molecule has 2 rings (SSSR count). The van der Waals surface area contributed by atoms with Crippen LogP contribution in [0.1, 0.15) is 6.42 Å². The van der Waals surface area contributed by atoms with Gasteiger partial charge in [0.2, 0.25) is 5.28 Å². The van der Waals surface area contributed by atoms with Crippen LogP contribution in [0.3, 0.4) is 0 Å². The molecule has 0 N–H and O–H groups in total. The summed E-state index contributed by atoms with van der Waals surface area (Å²) in [7, 11) is 0. The van der Waals surface area contributed by atoms with E-state index in [9.17, 15) is 0 Å². The lowest BCUT2D eigenvalue weighted by molar-refractivity contribution is 0.299. The fraction of sp³-hybridized carbons (Fsp3) is 0.200. The number of rotatable bonds is 4. The Kier molecular flexibility index (Phi) is 3.52. The fourth-order valence-electron chi connectivity index (χ4n) is 1.08. The summed E-state index contributed by atoms with van der Waals surface area (Å²) in [6.45, 7) is 0.329. The smallest absolute Gasteiger partial charge is 0.322 e. The molecule has 0 aliphatic carbocycles. The molecule has 0 bridgehead atoms. The van der Waals surface area contributed by atoms with E-state index >= 15 is 0 Å². The van der Waals surface area contributed by atoms with Crippen LogP contribution in [0.2, 0.25) is 5.28 Å². The molecule has 0 fully saturated rings. The molecule has 0 atom stereocenters. The lowest BCUT2D eigenvalue weighted by Crippen LogP contribution is -2.07. The molecule has 0 aliphatic rings. The second kappa shape index (κ2) is 5.27. The molecular weight excluding hydrogens is 242 g/mol. The molecule has 0 aromatic carbocycles. The number of ether oxygens (including phenoxy) is 1. The summed E-state index contributed by atoms with van der Waals surface area (Å²) in [6.07, 6.45) is 8.88. The zero-order chi connectivity index (χ0) is 12.1. The Morgan fingerprint density at radius 3 is 3.00 bits per heavy atom. The minimum Gasteiger partial charge on any atom is -0.462 e. The third-order valence-corrected chi connectivity index (χ3v) is 1.93. The number of halogens is 1. The first kappa shape index (κ1) is 11.4. The van der Waals surface area contributed by atoms with Gasteiger partial charge < -0.3 is 4.74 Å². The maximum atomic E-state index is 5.76. The van der Waals surface area contributed by atoms with Crippen LogP contribution in [-0.4, -0.2) is 31.3 Å². The molecule has 6 nitrogen and oxygen atoms in total. The lowest BCUT2D eigenvalue weighted by atomic mass is 10.5. The third-order valence-electron chi connectivity index (χ3n) is 1.76. The average Bonchev–Trinajstić information content (AvgIpc) is 2.82. The number of nitrogens with zero attached hydrogens (tertiary/aromatic N) is 5. The molecule has 86 valence electrons. The zero-order valence-corrected chi connectivity index (χ0v) is 9.50. The number of aromatic nitrogens is 5. The number of terminal acetylenes is 1. The maximum Gasteiger partial charge on any atom is 0.322 e. The zero-order valence-electron chi connectivity index (χ0n) is 8.75. The van der Waals surface area contributed by atoms with Crippen LogP contribution >= 0.6 is 11.6 Å². The van der Waals surface area contributed by atoms with Gasteiger partial charge >= 0.3 is 6.01 Å². The van der Waals surface area contributed by atoms with E-state index in [4.69, 9.17) is 22.8 Å². The standard InChI is InChI=1S/C10H8ClN5O/c1-2-3-7-17-10-14-8(11)13-9(15-10)16-6-4-5-12-16/h1,4-6H,3,7H2. The van der Waals surface area contributed by atoms with Crippen LogP contribution in [-0.2, 0) is 0 Å². The van der Waals surface area contributed by atoms with E-state index in [-0.39, 0.29) is 11.3 Å². The first-order valence-electron chi connectivity index (χ1n) is 4.77. The number of hydrogen-bond acceptors (Lipinski definition) is 5. The highest BCUT2D eigenvalue weighted by Crippen LogP contribution is 2.10. The van der Waals surface area contributed by atoms with Crippen LogP contribution in [0.15, 0.2) is 18.5 Å². The van der Waals surface area contributed by atoms with E-state index in [0.29, 0.717) is 19.0 Å². The predicted molar refractivity (Wildman–Crippen MR) is 60.9 cm³/mol. The van der Waals surface area contributed by atoms with Gasteiger partial charge in [-0.1, -0.05) is 0 Å². The summed E-state index contributed by atoms with van der Waals surface area (Å²) in [5, 5.41) is 4.03. The van der Waals surface area contributed by atoms with Crippen LogP contribution in [0.5, 0.6) is 6.01 Å². The molecule has 2 aromatic heterocycles. The van der Waals surface area contributed by atoms with Gasteiger partial charge in [0.15, 0.2) is 0 Å². The molecule has 0 unspecified atom stereocenters. The Morgan fingerprint density at radius 1 is 1.41 bits per heavy atom. The van der Waals surface area contributed by atoms with Gasteiger partial charge in [0.05, 0.1) is 0 Å². The Morgan fingerprint density at radius 2 is 2.29 bits per heavy atom. The van der Waals surface area contributed by atoms with Gasteiger partial charge in [0, 0.05) is 18.8 Å².